The molecular weight excluding hydrogens is 204 g/mol. The first kappa shape index (κ1) is 9.57. The molecule has 4 nitrogen and oxygen atoms in total. The van der Waals surface area contributed by atoms with Gasteiger partial charge in [-0.15, -0.1) is 10.2 Å². The topological polar surface area (TPSA) is 64.9 Å². The summed E-state index contributed by atoms with van der Waals surface area (Å²) in [5.41, 5.74) is 6.55. The summed E-state index contributed by atoms with van der Waals surface area (Å²) in [4.78, 5) is 0. The zero-order chi connectivity index (χ0) is 10.8. The lowest BCUT2D eigenvalue weighted by Gasteiger charge is -1.95. The molecule has 15 heavy (non-hydrogen) atoms. The molecule has 1 heterocycles. The van der Waals surface area contributed by atoms with Gasteiger partial charge in [0, 0.05) is 11.3 Å². The Morgan fingerprint density at radius 3 is 2.67 bits per heavy atom. The molecular formula is C9H7F2N3O. The van der Waals surface area contributed by atoms with E-state index in [1.807, 2.05) is 0 Å². The van der Waals surface area contributed by atoms with Crippen molar-refractivity contribution in [3.05, 3.63) is 30.2 Å². The molecule has 0 bridgehead atoms. The molecule has 0 aliphatic rings. The molecule has 2 rings (SSSR count). The predicted molar refractivity (Wildman–Crippen MR) is 49.1 cm³/mol. The number of anilines is 1. The summed E-state index contributed by atoms with van der Waals surface area (Å²) in [6.07, 6.45) is -2.76. The molecule has 1 aromatic carbocycles. The molecule has 0 saturated carbocycles. The summed E-state index contributed by atoms with van der Waals surface area (Å²) in [6.45, 7) is 0. The van der Waals surface area contributed by atoms with Gasteiger partial charge in [0.25, 0.3) is 5.89 Å². The van der Waals surface area contributed by atoms with Crippen molar-refractivity contribution in [3.63, 3.8) is 0 Å². The van der Waals surface area contributed by atoms with Crippen molar-refractivity contribution >= 4 is 5.69 Å². The number of rotatable bonds is 2. The van der Waals surface area contributed by atoms with Crippen molar-refractivity contribution in [1.82, 2.24) is 10.2 Å². The highest BCUT2D eigenvalue weighted by atomic mass is 19.3. The van der Waals surface area contributed by atoms with Crippen molar-refractivity contribution in [1.29, 1.82) is 0 Å². The van der Waals surface area contributed by atoms with E-state index in [2.05, 4.69) is 10.2 Å². The lowest BCUT2D eigenvalue weighted by molar-refractivity contribution is 0.116. The third-order valence-corrected chi connectivity index (χ3v) is 1.76. The highest BCUT2D eigenvalue weighted by Crippen LogP contribution is 2.23. The number of nitrogens with two attached hydrogens (primary N) is 1. The van der Waals surface area contributed by atoms with E-state index in [1.54, 1.807) is 24.3 Å². The van der Waals surface area contributed by atoms with Crippen molar-refractivity contribution < 1.29 is 13.2 Å². The second-order valence-corrected chi connectivity index (χ2v) is 2.87. The Labute approximate surface area is 83.7 Å². The van der Waals surface area contributed by atoms with Gasteiger partial charge < -0.3 is 10.2 Å². The highest BCUT2D eigenvalue weighted by Gasteiger charge is 2.16. The predicted octanol–water partition coefficient (Wildman–Crippen LogP) is 2.26. The van der Waals surface area contributed by atoms with Crippen LogP contribution in [0, 0.1) is 0 Å². The van der Waals surface area contributed by atoms with Crippen LogP contribution in [0.1, 0.15) is 12.3 Å². The van der Waals surface area contributed by atoms with Crippen molar-refractivity contribution in [2.45, 2.75) is 6.43 Å². The van der Waals surface area contributed by atoms with Crippen LogP contribution in [-0.4, -0.2) is 10.2 Å². The maximum absolute atomic E-state index is 12.2. The van der Waals surface area contributed by atoms with Gasteiger partial charge in [-0.3, -0.25) is 0 Å². The van der Waals surface area contributed by atoms with Crippen LogP contribution < -0.4 is 5.73 Å². The summed E-state index contributed by atoms with van der Waals surface area (Å²) in [5, 5.41) is 6.71. The Morgan fingerprint density at radius 1 is 1.27 bits per heavy atom. The average Bonchev–Trinajstić information content (AvgIpc) is 2.66. The molecule has 6 heteroatoms. The third-order valence-electron chi connectivity index (χ3n) is 1.76. The van der Waals surface area contributed by atoms with Gasteiger partial charge >= 0.3 is 6.43 Å². The zero-order valence-corrected chi connectivity index (χ0v) is 7.52. The molecule has 0 unspecified atom stereocenters. The van der Waals surface area contributed by atoms with Crippen molar-refractivity contribution in [2.75, 3.05) is 5.73 Å². The van der Waals surface area contributed by atoms with Gasteiger partial charge in [0.1, 0.15) is 0 Å². The number of hydrogen-bond donors (Lipinski definition) is 1. The van der Waals surface area contributed by atoms with Crippen molar-refractivity contribution in [3.8, 4) is 11.5 Å². The number of nitrogen functional groups attached to an aromatic ring is 1. The molecule has 0 fully saturated rings. The SMILES string of the molecule is Nc1cccc(-c2nnc(C(F)F)o2)c1. The molecule has 0 radical (unpaired) electrons. The maximum atomic E-state index is 12.2. The van der Waals surface area contributed by atoms with Gasteiger partial charge in [-0.1, -0.05) is 6.07 Å². The normalized spacial score (nSPS) is 10.9. The lowest BCUT2D eigenvalue weighted by Crippen LogP contribution is -1.84. The van der Waals surface area contributed by atoms with Crippen LogP contribution in [0.15, 0.2) is 28.7 Å². The second-order valence-electron chi connectivity index (χ2n) is 2.87. The molecule has 78 valence electrons. The number of aromatic nitrogens is 2. The molecule has 1 aromatic heterocycles. The quantitative estimate of drug-likeness (QED) is 0.773. The van der Waals surface area contributed by atoms with E-state index in [-0.39, 0.29) is 5.89 Å². The molecule has 2 N–H and O–H groups in total. The van der Waals surface area contributed by atoms with Gasteiger partial charge in [-0.05, 0) is 18.2 Å². The molecule has 0 saturated heterocycles. The number of alkyl halides is 2. The highest BCUT2D eigenvalue weighted by molar-refractivity contribution is 5.59. The van der Waals surface area contributed by atoms with Crippen LogP contribution >= 0.6 is 0 Å². The van der Waals surface area contributed by atoms with E-state index in [4.69, 9.17) is 10.2 Å². The average molecular weight is 211 g/mol. The first-order valence-corrected chi connectivity index (χ1v) is 4.14. The third kappa shape index (κ3) is 1.93. The standard InChI is InChI=1S/C9H7F2N3O/c10-7(11)9-14-13-8(15-9)5-2-1-3-6(12)4-5/h1-4,7H,12H2. The Balaban J connectivity index is 2.37. The van der Waals surface area contributed by atoms with Crippen LogP contribution in [0.25, 0.3) is 11.5 Å². The van der Waals surface area contributed by atoms with E-state index >= 15 is 0 Å². The van der Waals surface area contributed by atoms with E-state index in [0.29, 0.717) is 11.3 Å². The molecule has 0 amide bonds. The summed E-state index contributed by atoms with van der Waals surface area (Å²) in [6, 6.07) is 6.58. The van der Waals surface area contributed by atoms with Crippen LogP contribution in [0.3, 0.4) is 0 Å². The fourth-order valence-electron chi connectivity index (χ4n) is 1.11. The minimum Gasteiger partial charge on any atom is -0.415 e. The molecule has 0 aliphatic carbocycles. The minimum atomic E-state index is -2.76. The molecule has 0 aliphatic heterocycles. The first-order valence-electron chi connectivity index (χ1n) is 4.14. The Morgan fingerprint density at radius 2 is 2.07 bits per heavy atom. The van der Waals surface area contributed by atoms with Crippen LogP contribution in [-0.2, 0) is 0 Å². The van der Waals surface area contributed by atoms with Crippen LogP contribution in [0.2, 0.25) is 0 Å². The molecule has 0 atom stereocenters. The number of nitrogens with zero attached hydrogens (tertiary/aromatic N) is 2. The van der Waals surface area contributed by atoms with Crippen LogP contribution in [0.5, 0.6) is 0 Å². The summed E-state index contributed by atoms with van der Waals surface area (Å²) in [5.74, 6) is -0.648. The Kier molecular flexibility index (Phi) is 2.32. The van der Waals surface area contributed by atoms with Crippen LogP contribution in [0.4, 0.5) is 14.5 Å². The largest absolute Gasteiger partial charge is 0.415 e. The van der Waals surface area contributed by atoms with Gasteiger partial charge in [0.15, 0.2) is 0 Å². The number of halogens is 2. The van der Waals surface area contributed by atoms with Gasteiger partial charge in [0.05, 0.1) is 0 Å². The van der Waals surface area contributed by atoms with Gasteiger partial charge in [0.2, 0.25) is 5.89 Å². The molecule has 2 aromatic rings. The minimum absolute atomic E-state index is 0.0394. The maximum Gasteiger partial charge on any atom is 0.314 e. The Hall–Kier alpha value is -1.98. The van der Waals surface area contributed by atoms with E-state index in [1.165, 1.54) is 0 Å². The summed E-state index contributed by atoms with van der Waals surface area (Å²) < 4.78 is 29.1. The van der Waals surface area contributed by atoms with Gasteiger partial charge in [-0.2, -0.15) is 8.78 Å². The number of hydrogen-bond acceptors (Lipinski definition) is 4. The fourth-order valence-corrected chi connectivity index (χ4v) is 1.11. The van der Waals surface area contributed by atoms with E-state index < -0.39 is 12.3 Å². The van der Waals surface area contributed by atoms with E-state index in [0.717, 1.165) is 0 Å². The first-order chi connectivity index (χ1) is 7.16. The van der Waals surface area contributed by atoms with Gasteiger partial charge in [-0.25, -0.2) is 0 Å². The summed E-state index contributed by atoms with van der Waals surface area (Å²) in [7, 11) is 0. The second kappa shape index (κ2) is 3.64. The monoisotopic (exact) mass is 211 g/mol. The van der Waals surface area contributed by atoms with Crippen molar-refractivity contribution in [2.24, 2.45) is 0 Å². The lowest BCUT2D eigenvalue weighted by atomic mass is 10.2. The smallest absolute Gasteiger partial charge is 0.314 e. The zero-order valence-electron chi connectivity index (χ0n) is 7.52. The molecule has 0 spiro atoms. The number of benzene rings is 1. The summed E-state index contributed by atoms with van der Waals surface area (Å²) >= 11 is 0. The van der Waals surface area contributed by atoms with E-state index in [9.17, 15) is 8.78 Å². The fraction of sp³-hybridized carbons (Fsp3) is 0.111. The Bertz CT molecular complexity index is 470.